The summed E-state index contributed by atoms with van der Waals surface area (Å²) in [5.74, 6) is -0.451. The van der Waals surface area contributed by atoms with E-state index in [2.05, 4.69) is 43.6 Å². The Balaban J connectivity index is 0.000000218. The maximum atomic E-state index is 12.3. The van der Waals surface area contributed by atoms with Crippen LogP contribution in [0.2, 0.25) is 0 Å². The minimum atomic E-state index is -0.651. The smallest absolute Gasteiger partial charge is 0.433 e. The van der Waals surface area contributed by atoms with E-state index in [1.807, 2.05) is 19.9 Å². The molecule has 3 saturated carbocycles. The molecule has 2 heterocycles. The van der Waals surface area contributed by atoms with Crippen LogP contribution in [0, 0.1) is 44.6 Å². The molecule has 12 heteroatoms. The molecule has 7 rings (SSSR count). The number of phenolic OH excluding ortho intramolecular Hbond substituents is 2. The van der Waals surface area contributed by atoms with Crippen LogP contribution in [0.4, 0.5) is 10.7 Å². The van der Waals surface area contributed by atoms with Crippen LogP contribution in [0.1, 0.15) is 102 Å². The summed E-state index contributed by atoms with van der Waals surface area (Å²) in [5, 5.41) is 46.1. The number of aliphatic carboxylic acids is 1. The van der Waals surface area contributed by atoms with Crippen LogP contribution in [0.3, 0.4) is 0 Å². The fourth-order valence-corrected chi connectivity index (χ4v) is 10.0. The number of benzene rings is 1. The highest BCUT2D eigenvalue weighted by Gasteiger charge is 2.67. The summed E-state index contributed by atoms with van der Waals surface area (Å²) >= 11 is 0. The molecule has 3 N–H and O–H groups in total. The summed E-state index contributed by atoms with van der Waals surface area (Å²) in [4.78, 5) is 32.9. The Morgan fingerprint density at radius 2 is 1.80 bits per heavy atom. The van der Waals surface area contributed by atoms with Crippen molar-refractivity contribution >= 4 is 24.2 Å². The molecule has 49 heavy (non-hydrogen) atoms. The first-order chi connectivity index (χ1) is 22.9. The van der Waals surface area contributed by atoms with Crippen LogP contribution in [0.25, 0.3) is 0 Å². The number of carbonyl (C=O) groups excluding carboxylic acids is 1. The summed E-state index contributed by atoms with van der Waals surface area (Å²) in [6.07, 6.45) is 10.7. The molecular weight excluding hydrogens is 630 g/mol. The van der Waals surface area contributed by atoms with Gasteiger partial charge in [0, 0.05) is 5.41 Å². The Bertz CT molecular complexity index is 1780. The van der Waals surface area contributed by atoms with E-state index in [4.69, 9.17) is 4.42 Å². The van der Waals surface area contributed by atoms with Gasteiger partial charge in [0.1, 0.15) is 11.5 Å². The quantitative estimate of drug-likeness (QED) is 0.0966. The molecule has 4 fully saturated rings. The van der Waals surface area contributed by atoms with E-state index in [0.717, 1.165) is 67.5 Å². The zero-order chi connectivity index (χ0) is 35.7. The largest absolute Gasteiger partial charge is 0.504 e. The Labute approximate surface area is 286 Å². The van der Waals surface area contributed by atoms with Gasteiger partial charge in [-0.15, -0.1) is 0 Å². The zero-order valence-electron chi connectivity index (χ0n) is 29.2. The van der Waals surface area contributed by atoms with Gasteiger partial charge >= 0.3 is 17.9 Å². The number of nitro groups is 1. The van der Waals surface area contributed by atoms with Crippen molar-refractivity contribution in [3.05, 3.63) is 62.4 Å². The van der Waals surface area contributed by atoms with Gasteiger partial charge in [-0.05, 0) is 116 Å². The van der Waals surface area contributed by atoms with Gasteiger partial charge in [-0.3, -0.25) is 14.9 Å². The van der Waals surface area contributed by atoms with Crippen molar-refractivity contribution in [2.75, 3.05) is 13.2 Å². The zero-order valence-corrected chi connectivity index (χ0v) is 29.2. The molecular formula is C37H47N3O9. The van der Waals surface area contributed by atoms with Gasteiger partial charge in [0.2, 0.25) is 0 Å². The third kappa shape index (κ3) is 5.29. The predicted octanol–water partition coefficient (Wildman–Crippen LogP) is 7.62. The van der Waals surface area contributed by atoms with Crippen molar-refractivity contribution < 1.29 is 39.0 Å². The summed E-state index contributed by atoms with van der Waals surface area (Å²) in [6.45, 7) is 14.2. The number of rotatable bonds is 4. The number of hydrazone groups is 1. The number of amides is 1. The SMILES string of the molecule is Cc1c(O)c(O)cc2c1CC=C1C2(C)CCC2(C)C3CC(C)(C(=O)O)CCC3(C)CCC12C.O=C1OCCN1N=Cc1ccc([N+](=O)[O-])o1. The first-order valence-electron chi connectivity index (χ1n) is 17.1. The monoisotopic (exact) mass is 677 g/mol. The number of cyclic esters (lactones) is 1. The van der Waals surface area contributed by atoms with E-state index in [1.165, 1.54) is 29.5 Å². The lowest BCUT2D eigenvalue weighted by atomic mass is 9.34. The van der Waals surface area contributed by atoms with Crippen LogP contribution in [-0.2, 0) is 21.4 Å². The Morgan fingerprint density at radius 3 is 2.43 bits per heavy atom. The molecule has 6 unspecified atom stereocenters. The van der Waals surface area contributed by atoms with Crippen molar-refractivity contribution in [1.82, 2.24) is 5.01 Å². The van der Waals surface area contributed by atoms with E-state index in [1.54, 1.807) is 0 Å². The number of carbonyl (C=O) groups is 2. The second-order valence-electron chi connectivity index (χ2n) is 16.0. The normalized spacial score (nSPS) is 34.8. The predicted molar refractivity (Wildman–Crippen MR) is 181 cm³/mol. The van der Waals surface area contributed by atoms with Crippen LogP contribution < -0.4 is 0 Å². The molecule has 0 spiro atoms. The van der Waals surface area contributed by atoms with Gasteiger partial charge < -0.3 is 24.5 Å². The Morgan fingerprint density at radius 1 is 1.08 bits per heavy atom. The second-order valence-corrected chi connectivity index (χ2v) is 16.0. The lowest BCUT2D eigenvalue weighted by molar-refractivity contribution is -0.402. The topological polar surface area (TPSA) is 176 Å². The molecule has 1 saturated heterocycles. The third-order valence-electron chi connectivity index (χ3n) is 13.4. The number of furan rings is 1. The number of hydrogen-bond donors (Lipinski definition) is 3. The molecule has 0 bridgehead atoms. The maximum absolute atomic E-state index is 12.3. The third-order valence-corrected chi connectivity index (χ3v) is 13.4. The number of ether oxygens (including phenoxy) is 1. The van der Waals surface area contributed by atoms with E-state index in [9.17, 15) is 35.0 Å². The summed E-state index contributed by atoms with van der Waals surface area (Å²) < 4.78 is 9.44. The van der Waals surface area contributed by atoms with Gasteiger partial charge in [-0.2, -0.15) is 10.1 Å². The van der Waals surface area contributed by atoms with Gasteiger partial charge in [-0.25, -0.2) is 4.79 Å². The lowest BCUT2D eigenvalue weighted by Crippen LogP contribution is -2.62. The average molecular weight is 678 g/mol. The van der Waals surface area contributed by atoms with Crippen molar-refractivity contribution in [2.24, 2.45) is 32.7 Å². The maximum Gasteiger partial charge on any atom is 0.433 e. The van der Waals surface area contributed by atoms with Crippen LogP contribution in [-0.4, -0.2) is 56.7 Å². The average Bonchev–Trinajstić information content (AvgIpc) is 3.70. The molecule has 2 aromatic rings. The van der Waals surface area contributed by atoms with Crippen molar-refractivity contribution in [3.8, 4) is 11.5 Å². The van der Waals surface area contributed by atoms with Crippen LogP contribution in [0.15, 0.2) is 39.4 Å². The minimum Gasteiger partial charge on any atom is -0.504 e. The van der Waals surface area contributed by atoms with Crippen molar-refractivity contribution in [2.45, 2.75) is 98.3 Å². The first-order valence-corrected chi connectivity index (χ1v) is 17.1. The summed E-state index contributed by atoms with van der Waals surface area (Å²) in [7, 11) is 0. The molecule has 0 radical (unpaired) electrons. The minimum absolute atomic E-state index is 0.00431. The molecule has 6 atom stereocenters. The van der Waals surface area contributed by atoms with E-state index in [-0.39, 0.29) is 51.4 Å². The standard InChI is InChI=1S/C29H40O4.C8H7N3O5/c1-17-18-7-8-21-27(4,19(18)15-20(30)23(17)31)12-14-29(6)22-16-26(3,24(32)33)10-9-25(22,2)11-13-28(21,29)5;12-8-10(3-4-15-8)9-5-6-1-2-7(16-6)11(13)14/h8,15,22,30-31H,7,9-14,16H2,1-6H3,(H,32,33);1-2,5H,3-4H2. The molecule has 1 amide bonds. The number of phenols is 2. The Hall–Kier alpha value is -4.35. The molecule has 12 nitrogen and oxygen atoms in total. The molecule has 1 aromatic carbocycles. The number of fused-ring (bicyclic) bond motifs is 7. The number of hydrogen-bond acceptors (Lipinski definition) is 9. The molecule has 1 aromatic heterocycles. The van der Waals surface area contributed by atoms with E-state index < -0.39 is 22.4 Å². The highest BCUT2D eigenvalue weighted by Crippen LogP contribution is 2.74. The summed E-state index contributed by atoms with van der Waals surface area (Å²) in [6, 6.07) is 4.42. The summed E-state index contributed by atoms with van der Waals surface area (Å²) in [5.41, 5.74) is 4.00. The number of allylic oxidation sites excluding steroid dienone is 2. The Kier molecular flexibility index (Phi) is 8.19. The number of nitrogens with zero attached hydrogens (tertiary/aromatic N) is 3. The van der Waals surface area contributed by atoms with E-state index in [0.29, 0.717) is 12.5 Å². The van der Waals surface area contributed by atoms with Crippen LogP contribution >= 0.6 is 0 Å². The van der Waals surface area contributed by atoms with Crippen molar-refractivity contribution in [1.29, 1.82) is 0 Å². The second kappa shape index (κ2) is 11.6. The van der Waals surface area contributed by atoms with Gasteiger partial charge in [-0.1, -0.05) is 39.3 Å². The fourth-order valence-electron chi connectivity index (χ4n) is 10.0. The van der Waals surface area contributed by atoms with Gasteiger partial charge in [0.15, 0.2) is 17.3 Å². The highest BCUT2D eigenvalue weighted by molar-refractivity contribution is 5.78. The van der Waals surface area contributed by atoms with Crippen LogP contribution in [0.5, 0.6) is 11.5 Å². The molecule has 4 aliphatic carbocycles. The molecule has 5 aliphatic rings. The number of aromatic hydroxyl groups is 2. The lowest BCUT2D eigenvalue weighted by Gasteiger charge is -2.69. The van der Waals surface area contributed by atoms with Crippen molar-refractivity contribution in [3.63, 3.8) is 0 Å². The highest BCUT2D eigenvalue weighted by atomic mass is 16.6. The number of carboxylic acid groups (broad SMARTS) is 1. The first kappa shape index (κ1) is 34.5. The van der Waals surface area contributed by atoms with Gasteiger partial charge in [0.25, 0.3) is 0 Å². The molecule has 1 aliphatic heterocycles. The van der Waals surface area contributed by atoms with E-state index >= 15 is 0 Å². The fraction of sp³-hybridized carbons (Fsp3) is 0.595. The van der Waals surface area contributed by atoms with Gasteiger partial charge in [0.05, 0.1) is 24.2 Å². The molecule has 264 valence electrons. The number of carboxylic acids is 1.